The minimum absolute atomic E-state index is 0.0910. The average molecular weight is 1650 g/mol. The molecule has 0 rings (SSSR count). The number of phosphoric ester groups is 2. The number of hydrogen-bond donors (Lipinski definition) is 4. The van der Waals surface area contributed by atoms with Crippen molar-refractivity contribution in [2.24, 2.45) is 0 Å². The zero-order chi connectivity index (χ0) is 83.6. The molecule has 5 unspecified atom stereocenters. The third kappa shape index (κ3) is 90.0. The standard InChI is InChI=1S/C97H168O16P2/c1-4-7-10-13-16-19-22-25-28-31-33-35-37-39-41-42-43-44-45-46-47-48-50-52-53-55-57-60-62-65-68-71-74-77-80-83-95(100)107-86-92(98)87-109-114(103,104)110-88-93(99)89-111-115(105,106)112-91-94(113-97(102)85-82-79-76-73-70-67-64-59-30-27-24-21-18-15-12-9-6-3)90-108-96(101)84-81-78-75-72-69-66-63-61-58-56-54-51-49-40-38-36-34-32-29-26-23-20-17-14-11-8-5-2/h7,9-10,12,16-21,25-30,33-36,39-41,49,92-94,98-99H,4-6,8,11,13-15,22-24,31-32,37-38,42-48,50-91H2,1-3H3,(H,103,104)(H,105,106)/b10-7-,12-9-,19-16-,20-17-,21-18-,28-25-,29-26-,30-27-,35-33-,36-34-,41-39-,49-40-. The van der Waals surface area contributed by atoms with Gasteiger partial charge in [0.05, 0.1) is 26.4 Å². The topological polar surface area (TPSA) is 231 Å². The second-order valence-electron chi connectivity index (χ2n) is 30.7. The molecule has 0 fully saturated rings. The Bertz CT molecular complexity index is 2670. The van der Waals surface area contributed by atoms with E-state index in [4.69, 9.17) is 32.3 Å². The molecule has 0 aliphatic heterocycles. The van der Waals surface area contributed by atoms with Crippen molar-refractivity contribution in [3.63, 3.8) is 0 Å². The molecule has 0 aliphatic carbocycles. The van der Waals surface area contributed by atoms with Gasteiger partial charge in [-0.25, -0.2) is 9.13 Å². The highest BCUT2D eigenvalue weighted by Crippen LogP contribution is 2.45. The Balaban J connectivity index is 4.46. The van der Waals surface area contributed by atoms with E-state index >= 15 is 0 Å². The van der Waals surface area contributed by atoms with Crippen LogP contribution in [-0.2, 0) is 55.8 Å². The van der Waals surface area contributed by atoms with Crippen LogP contribution < -0.4 is 0 Å². The summed E-state index contributed by atoms with van der Waals surface area (Å²) in [4.78, 5) is 58.9. The number of carbonyl (C=O) groups excluding carboxylic acids is 3. The number of esters is 3. The maximum absolute atomic E-state index is 13.0. The zero-order valence-electron chi connectivity index (χ0n) is 72.9. The van der Waals surface area contributed by atoms with Crippen LogP contribution >= 0.6 is 15.6 Å². The van der Waals surface area contributed by atoms with Gasteiger partial charge in [-0.15, -0.1) is 0 Å². The number of aliphatic hydroxyl groups is 2. The molecule has 16 nitrogen and oxygen atoms in total. The van der Waals surface area contributed by atoms with Gasteiger partial charge in [0.2, 0.25) is 0 Å². The van der Waals surface area contributed by atoms with Crippen molar-refractivity contribution in [3.8, 4) is 0 Å². The van der Waals surface area contributed by atoms with E-state index in [-0.39, 0.29) is 19.3 Å². The van der Waals surface area contributed by atoms with Crippen molar-refractivity contribution < 1.29 is 75.8 Å². The van der Waals surface area contributed by atoms with E-state index in [0.717, 1.165) is 167 Å². The summed E-state index contributed by atoms with van der Waals surface area (Å²) in [5, 5.41) is 20.7. The van der Waals surface area contributed by atoms with Gasteiger partial charge in [-0.2, -0.15) is 0 Å². The summed E-state index contributed by atoms with van der Waals surface area (Å²) in [6.07, 6.45) is 112. The van der Waals surface area contributed by atoms with Gasteiger partial charge in [-0.05, 0) is 141 Å². The number of phosphoric acid groups is 2. The van der Waals surface area contributed by atoms with Gasteiger partial charge >= 0.3 is 33.6 Å². The summed E-state index contributed by atoms with van der Waals surface area (Å²) < 4.78 is 61.4. The highest BCUT2D eigenvalue weighted by atomic mass is 31.2. The molecule has 0 aromatic heterocycles. The highest BCUT2D eigenvalue weighted by molar-refractivity contribution is 7.47. The molecule has 0 aromatic rings. The third-order valence-corrected chi connectivity index (χ3v) is 21.4. The lowest BCUT2D eigenvalue weighted by Gasteiger charge is -2.21. The Morgan fingerprint density at radius 3 is 0.730 bits per heavy atom. The highest BCUT2D eigenvalue weighted by Gasteiger charge is 2.29. The normalized spacial score (nSPS) is 14.5. The molecule has 662 valence electrons. The second-order valence-corrected chi connectivity index (χ2v) is 33.6. The van der Waals surface area contributed by atoms with E-state index in [0.29, 0.717) is 19.3 Å². The van der Waals surface area contributed by atoms with E-state index in [9.17, 15) is 43.5 Å². The second kappa shape index (κ2) is 88.7. The predicted molar refractivity (Wildman–Crippen MR) is 482 cm³/mol. The largest absolute Gasteiger partial charge is 0.472 e. The first-order valence-corrected chi connectivity index (χ1v) is 49.1. The third-order valence-electron chi connectivity index (χ3n) is 19.5. The summed E-state index contributed by atoms with van der Waals surface area (Å²) in [6, 6.07) is 0. The number of allylic oxidation sites excluding steroid dienone is 24. The smallest absolute Gasteiger partial charge is 0.463 e. The van der Waals surface area contributed by atoms with Crippen molar-refractivity contribution >= 4 is 33.6 Å². The molecule has 0 spiro atoms. The van der Waals surface area contributed by atoms with Crippen LogP contribution in [0.3, 0.4) is 0 Å². The van der Waals surface area contributed by atoms with E-state index < -0.39 is 91.5 Å². The lowest BCUT2D eigenvalue weighted by Crippen LogP contribution is -2.30. The molecule has 115 heavy (non-hydrogen) atoms. The predicted octanol–water partition coefficient (Wildman–Crippen LogP) is 28.3. The molecule has 5 atom stereocenters. The minimum Gasteiger partial charge on any atom is -0.463 e. The maximum atomic E-state index is 13.0. The molecule has 0 saturated heterocycles. The fourth-order valence-corrected chi connectivity index (χ4v) is 14.2. The van der Waals surface area contributed by atoms with E-state index in [2.05, 4.69) is 167 Å². The van der Waals surface area contributed by atoms with E-state index in [1.165, 1.54) is 167 Å². The monoisotopic (exact) mass is 1650 g/mol. The number of hydrogen-bond acceptors (Lipinski definition) is 14. The van der Waals surface area contributed by atoms with Gasteiger partial charge in [-0.1, -0.05) is 378 Å². The average Bonchev–Trinajstić information content (AvgIpc) is 0.926. The molecule has 18 heteroatoms. The summed E-state index contributed by atoms with van der Waals surface area (Å²) in [7, 11) is -9.81. The summed E-state index contributed by atoms with van der Waals surface area (Å²) in [5.41, 5.74) is 0. The number of unbranched alkanes of at least 4 members (excludes halogenated alkanes) is 40. The van der Waals surface area contributed by atoms with Crippen LogP contribution in [0.2, 0.25) is 0 Å². The van der Waals surface area contributed by atoms with Gasteiger partial charge in [-0.3, -0.25) is 32.5 Å². The summed E-state index contributed by atoms with van der Waals surface area (Å²) in [6.45, 7) is 2.47. The van der Waals surface area contributed by atoms with E-state index in [1.54, 1.807) is 0 Å². The zero-order valence-corrected chi connectivity index (χ0v) is 74.7. The molecule has 0 aromatic carbocycles. The first-order chi connectivity index (χ1) is 56.2. The number of rotatable bonds is 87. The molecule has 0 aliphatic rings. The Labute approximate surface area is 702 Å². The van der Waals surface area contributed by atoms with E-state index in [1.807, 2.05) is 0 Å². The van der Waals surface area contributed by atoms with Crippen molar-refractivity contribution in [3.05, 3.63) is 146 Å². The van der Waals surface area contributed by atoms with Crippen molar-refractivity contribution in [2.75, 3.05) is 39.6 Å². The quantitative estimate of drug-likeness (QED) is 0.0146. The van der Waals surface area contributed by atoms with Crippen LogP contribution in [0.25, 0.3) is 0 Å². The fraction of sp³-hybridized carbons (Fsp3) is 0.722. The SMILES string of the molecule is CC/C=C\C/C=C\C/C=C\C/C=C\C/C=C\CCCCCCCCCCCCCCCCCCCCCC(=O)OCC(O)COP(=O)(O)OCC(O)COP(=O)(O)OCC(COC(=O)CCCCCCCCCCCCC/C=C\C/C=C\C/C=C\C/C=C\CCCCC)OC(=O)CCCCCCCCC/C=C\C/C=C\C/C=C\CC. The van der Waals surface area contributed by atoms with Gasteiger partial charge in [0.15, 0.2) is 6.10 Å². The molecule has 0 amide bonds. The maximum Gasteiger partial charge on any atom is 0.472 e. The van der Waals surface area contributed by atoms with Gasteiger partial charge < -0.3 is 34.2 Å². The van der Waals surface area contributed by atoms with Crippen LogP contribution in [0, 0.1) is 0 Å². The lowest BCUT2D eigenvalue weighted by molar-refractivity contribution is -0.161. The molecule has 0 saturated carbocycles. The number of carbonyl (C=O) groups is 3. The molecule has 4 N–H and O–H groups in total. The first kappa shape index (κ1) is 110. The Kier molecular flexibility index (Phi) is 85.2. The van der Waals surface area contributed by atoms with Crippen molar-refractivity contribution in [1.29, 1.82) is 0 Å². The lowest BCUT2D eigenvalue weighted by atomic mass is 10.0. The number of ether oxygens (including phenoxy) is 3. The Morgan fingerprint density at radius 2 is 0.461 bits per heavy atom. The first-order valence-electron chi connectivity index (χ1n) is 46.1. The fourth-order valence-electron chi connectivity index (χ4n) is 12.6. The van der Waals surface area contributed by atoms with Crippen LogP contribution in [0.5, 0.6) is 0 Å². The molecular formula is C97H168O16P2. The van der Waals surface area contributed by atoms with Crippen LogP contribution in [-0.4, -0.2) is 95.9 Å². The summed E-state index contributed by atoms with van der Waals surface area (Å²) in [5.74, 6) is -1.58. The van der Waals surface area contributed by atoms with Crippen LogP contribution in [0.1, 0.15) is 393 Å². The molecule has 0 radical (unpaired) electrons. The molecule has 0 bridgehead atoms. The van der Waals surface area contributed by atoms with Crippen LogP contribution in [0.4, 0.5) is 0 Å². The van der Waals surface area contributed by atoms with Gasteiger partial charge in [0.25, 0.3) is 0 Å². The molecular weight excluding hydrogens is 1480 g/mol. The number of aliphatic hydroxyl groups excluding tert-OH is 2. The van der Waals surface area contributed by atoms with Crippen molar-refractivity contribution in [1.82, 2.24) is 0 Å². The van der Waals surface area contributed by atoms with Gasteiger partial charge in [0, 0.05) is 19.3 Å². The van der Waals surface area contributed by atoms with Crippen molar-refractivity contribution in [2.45, 2.75) is 411 Å². The summed E-state index contributed by atoms with van der Waals surface area (Å²) >= 11 is 0. The van der Waals surface area contributed by atoms with Gasteiger partial charge in [0.1, 0.15) is 25.4 Å². The van der Waals surface area contributed by atoms with Crippen LogP contribution in [0.15, 0.2) is 146 Å². The Morgan fingerprint density at radius 1 is 0.252 bits per heavy atom. The molecule has 0 heterocycles. The minimum atomic E-state index is -4.94. The Hall–Kier alpha value is -4.57.